The van der Waals surface area contributed by atoms with Crippen molar-refractivity contribution in [3.05, 3.63) is 30.1 Å². The van der Waals surface area contributed by atoms with E-state index in [1.54, 1.807) is 0 Å². The number of carboxylic acid groups (broad SMARTS) is 3. The second-order valence-electron chi connectivity index (χ2n) is 6.61. The summed E-state index contributed by atoms with van der Waals surface area (Å²) in [6.45, 7) is -0.702. The van der Waals surface area contributed by atoms with E-state index in [-0.39, 0.29) is 18.4 Å². The van der Waals surface area contributed by atoms with E-state index in [1.165, 1.54) is 22.9 Å². The number of phosphoric ester groups is 1. The molecule has 0 aromatic carbocycles. The van der Waals surface area contributed by atoms with Crippen LogP contribution in [0, 0.1) is 0 Å². The molecule has 16 heteroatoms. The predicted molar refractivity (Wildman–Crippen MR) is 93.9 cm³/mol. The van der Waals surface area contributed by atoms with Gasteiger partial charge in [-0.3, -0.25) is 9.36 Å². The molecule has 1 aromatic heterocycles. The summed E-state index contributed by atoms with van der Waals surface area (Å²) in [5.41, 5.74) is 3.07. The minimum Gasteiger partial charge on any atom is -0.756 e. The van der Waals surface area contributed by atoms with Crippen molar-refractivity contribution in [1.29, 1.82) is 0 Å². The molecule has 2 heterocycles. The van der Waals surface area contributed by atoms with Gasteiger partial charge in [0.1, 0.15) is 12.2 Å². The second kappa shape index (κ2) is 11.9. The molecular formula is C16H23N2O13P. The lowest BCUT2D eigenvalue weighted by Crippen LogP contribution is -2.64. The maximum atomic E-state index is 10.8. The van der Waals surface area contributed by atoms with Crippen molar-refractivity contribution in [3.8, 4) is 0 Å². The highest BCUT2D eigenvalue weighted by Crippen LogP contribution is 2.33. The number of aliphatic hydroxyl groups excluding tert-OH is 2. The van der Waals surface area contributed by atoms with Crippen molar-refractivity contribution >= 4 is 25.7 Å². The fraction of sp³-hybridized carbons (Fsp3) is 0.500. The molecule has 0 bridgehead atoms. The molecular weight excluding hydrogens is 459 g/mol. The molecule has 1 aliphatic rings. The Labute approximate surface area is 180 Å². The minimum absolute atomic E-state index is 0.0880. The van der Waals surface area contributed by atoms with E-state index in [0.717, 1.165) is 6.20 Å². The van der Waals surface area contributed by atoms with Crippen LogP contribution in [0.2, 0.25) is 0 Å². The molecule has 15 nitrogen and oxygen atoms in total. The number of aliphatic carboxylic acids is 2. The maximum Gasteiger partial charge on any atom is 0.362 e. The molecule has 0 aliphatic carbocycles. The number of carboxylic acids is 3. The summed E-state index contributed by atoms with van der Waals surface area (Å²) in [6.07, 6.45) is -2.87. The number of ether oxygens (including phenoxy) is 1. The second-order valence-corrected chi connectivity index (χ2v) is 7.80. The Bertz CT molecular complexity index is 860. The highest BCUT2D eigenvalue weighted by molar-refractivity contribution is 7.44. The van der Waals surface area contributed by atoms with Crippen LogP contribution in [0.3, 0.4) is 0 Å². The monoisotopic (exact) mass is 482 g/mol. The van der Waals surface area contributed by atoms with Gasteiger partial charge in [-0.15, -0.1) is 0 Å². The van der Waals surface area contributed by atoms with E-state index in [4.69, 9.17) is 19.8 Å². The third kappa shape index (κ3) is 8.94. The Hall–Kier alpha value is -2.49. The van der Waals surface area contributed by atoms with Gasteiger partial charge in [-0.2, -0.15) is 4.57 Å². The van der Waals surface area contributed by atoms with Gasteiger partial charge >= 0.3 is 11.9 Å². The van der Waals surface area contributed by atoms with Crippen LogP contribution in [-0.2, 0) is 23.4 Å². The normalized spacial score (nSPS) is 25.2. The summed E-state index contributed by atoms with van der Waals surface area (Å²) in [6, 6.07) is 1.83. The quantitative estimate of drug-likeness (QED) is 0.142. The molecule has 0 spiro atoms. The topological polar surface area (TPSA) is 266 Å². The Balaban J connectivity index is 0.000000433. The SMILES string of the molecule is O=C([O-])c1ccc[n+]([C@@H]2O[C@H](COP(=O)([O-])O)[C@@H](O)[C@H]2O)c1.[NH3+][C@@H](CCC(=O)O)C(=O)O. The van der Waals surface area contributed by atoms with Crippen molar-refractivity contribution in [2.75, 3.05) is 6.61 Å². The van der Waals surface area contributed by atoms with Crippen LogP contribution < -0.4 is 20.3 Å². The molecule has 8 N–H and O–H groups in total. The lowest BCUT2D eigenvalue weighted by molar-refractivity contribution is -0.765. The number of carbonyl (C=O) groups is 3. The van der Waals surface area contributed by atoms with Gasteiger partial charge in [0.2, 0.25) is 0 Å². The number of rotatable bonds is 9. The van der Waals surface area contributed by atoms with Gasteiger partial charge in [-0.1, -0.05) is 0 Å². The molecule has 1 saturated heterocycles. The number of aromatic nitrogens is 1. The molecule has 0 saturated carbocycles. The van der Waals surface area contributed by atoms with E-state index in [0.29, 0.717) is 0 Å². The molecule has 1 fully saturated rings. The van der Waals surface area contributed by atoms with Gasteiger partial charge in [0, 0.05) is 12.5 Å². The van der Waals surface area contributed by atoms with Crippen LogP contribution in [-0.4, -0.2) is 74.2 Å². The van der Waals surface area contributed by atoms with Crippen LogP contribution in [0.15, 0.2) is 24.5 Å². The van der Waals surface area contributed by atoms with E-state index >= 15 is 0 Å². The van der Waals surface area contributed by atoms with E-state index in [9.17, 15) is 39.2 Å². The average molecular weight is 482 g/mol. The van der Waals surface area contributed by atoms with Gasteiger partial charge in [0.15, 0.2) is 24.5 Å². The lowest BCUT2D eigenvalue weighted by Gasteiger charge is -2.19. The summed E-state index contributed by atoms with van der Waals surface area (Å²) < 4.78 is 21.1. The molecule has 0 radical (unpaired) electrons. The number of aromatic carboxylic acids is 1. The van der Waals surface area contributed by atoms with Gasteiger partial charge in [-0.25, -0.2) is 4.79 Å². The highest BCUT2D eigenvalue weighted by Gasteiger charge is 2.48. The molecule has 1 unspecified atom stereocenters. The van der Waals surface area contributed by atoms with Crippen LogP contribution in [0.25, 0.3) is 0 Å². The first-order valence-electron chi connectivity index (χ1n) is 8.92. The largest absolute Gasteiger partial charge is 0.756 e. The summed E-state index contributed by atoms with van der Waals surface area (Å²) in [4.78, 5) is 49.8. The summed E-state index contributed by atoms with van der Waals surface area (Å²) in [5.74, 6) is -3.48. The molecule has 6 atom stereocenters. The molecule has 1 aromatic rings. The van der Waals surface area contributed by atoms with Crippen molar-refractivity contribution < 1.29 is 73.8 Å². The summed E-state index contributed by atoms with van der Waals surface area (Å²) >= 11 is 0. The fourth-order valence-corrected chi connectivity index (χ4v) is 2.81. The first-order chi connectivity index (χ1) is 14.7. The Morgan fingerprint density at radius 3 is 2.41 bits per heavy atom. The number of aliphatic hydroxyl groups is 2. The molecule has 2 rings (SSSR count). The van der Waals surface area contributed by atoms with Crippen molar-refractivity contribution in [2.24, 2.45) is 0 Å². The average Bonchev–Trinajstić information content (AvgIpc) is 2.98. The Morgan fingerprint density at radius 1 is 1.28 bits per heavy atom. The number of carbonyl (C=O) groups excluding carboxylic acids is 1. The van der Waals surface area contributed by atoms with Crippen LogP contribution in [0.4, 0.5) is 0 Å². The molecule has 1 aliphatic heterocycles. The predicted octanol–water partition coefficient (Wildman–Crippen LogP) is -5.02. The summed E-state index contributed by atoms with van der Waals surface area (Å²) in [7, 11) is -4.99. The fourth-order valence-electron chi connectivity index (χ4n) is 2.47. The standard InChI is InChI=1S/C11H14NO9P.C5H9NO4/c13-8-7(5-20-22(17,18)19)21-10(9(8)14)12-3-1-2-6(4-12)11(15)16;6-3(5(9)10)1-2-4(7)8/h1-4,7-10,13-14H,5H2,(H2-,15,16,17,18,19);3H,1-2,6H2,(H,7,8)(H,9,10)/t7-,8-,9-,10-;3-/m10/s1. The Kier molecular flexibility index (Phi) is 10.3. The van der Waals surface area contributed by atoms with Gasteiger partial charge in [0.05, 0.1) is 24.6 Å². The first kappa shape index (κ1) is 27.5. The van der Waals surface area contributed by atoms with E-state index in [2.05, 4.69) is 10.3 Å². The third-order valence-corrected chi connectivity index (χ3v) is 4.62. The van der Waals surface area contributed by atoms with Gasteiger partial charge < -0.3 is 55.1 Å². The van der Waals surface area contributed by atoms with Crippen LogP contribution in [0.5, 0.6) is 0 Å². The summed E-state index contributed by atoms with van der Waals surface area (Å²) in [5, 5.41) is 46.9. The van der Waals surface area contributed by atoms with Crippen LogP contribution in [0.1, 0.15) is 29.4 Å². The number of pyridine rings is 1. The van der Waals surface area contributed by atoms with Crippen molar-refractivity contribution in [1.82, 2.24) is 0 Å². The third-order valence-electron chi connectivity index (χ3n) is 4.15. The number of nitrogens with zero attached hydrogens (tertiary/aromatic N) is 1. The minimum atomic E-state index is -4.99. The van der Waals surface area contributed by atoms with Crippen molar-refractivity contribution in [2.45, 2.75) is 43.4 Å². The number of quaternary nitrogens is 1. The van der Waals surface area contributed by atoms with Crippen LogP contribution >= 0.6 is 7.82 Å². The van der Waals surface area contributed by atoms with E-state index in [1.807, 2.05) is 0 Å². The molecule has 0 amide bonds. The first-order valence-corrected chi connectivity index (χ1v) is 10.4. The zero-order chi connectivity index (χ0) is 24.6. The lowest BCUT2D eigenvalue weighted by atomic mass is 10.1. The zero-order valence-corrected chi connectivity index (χ0v) is 17.3. The number of phosphoric acid groups is 1. The number of hydrogen-bond donors (Lipinski definition) is 6. The van der Waals surface area contributed by atoms with Gasteiger partial charge in [-0.05, 0) is 6.07 Å². The maximum absolute atomic E-state index is 10.8. The highest BCUT2D eigenvalue weighted by atomic mass is 31.2. The molecule has 32 heavy (non-hydrogen) atoms. The van der Waals surface area contributed by atoms with Gasteiger partial charge in [0.25, 0.3) is 14.1 Å². The van der Waals surface area contributed by atoms with E-state index < -0.39 is 62.9 Å². The van der Waals surface area contributed by atoms with Crippen molar-refractivity contribution in [3.63, 3.8) is 0 Å². The number of hydrogen-bond acceptors (Lipinski definition) is 10. The smallest absolute Gasteiger partial charge is 0.362 e. The molecule has 180 valence electrons. The zero-order valence-electron chi connectivity index (χ0n) is 16.4. The Morgan fingerprint density at radius 2 is 1.91 bits per heavy atom.